The third-order valence-electron chi connectivity index (χ3n) is 1.97. The van der Waals surface area contributed by atoms with Crippen molar-refractivity contribution in [1.29, 1.82) is 0 Å². The molecule has 1 rings (SSSR count). The fourth-order valence-electron chi connectivity index (χ4n) is 1.37. The largest absolute Gasteiger partial charge is 0.447 e. The predicted molar refractivity (Wildman–Crippen MR) is 34.2 cm³/mol. The molecule has 0 heterocycles. The van der Waals surface area contributed by atoms with Crippen LogP contribution in [0.3, 0.4) is 0 Å². The second-order valence-corrected chi connectivity index (χ2v) is 2.68. The lowest BCUT2D eigenvalue weighted by atomic mass is 9.96. The van der Waals surface area contributed by atoms with Gasteiger partial charge in [-0.3, -0.25) is 0 Å². The molecule has 0 aromatic rings. The Bertz CT molecular complexity index is 121. The predicted octanol–water partition coefficient (Wildman–Crippen LogP) is 1.76. The minimum absolute atomic E-state index is 0.0150. The lowest BCUT2D eigenvalue weighted by molar-refractivity contribution is -0.902. The summed E-state index contributed by atoms with van der Waals surface area (Å²) in [6, 6.07) is -0.0150. The Morgan fingerprint density at radius 1 is 1.30 bits per heavy atom. The van der Waals surface area contributed by atoms with Crippen molar-refractivity contribution >= 4 is 0 Å². The van der Waals surface area contributed by atoms with Crippen LogP contribution >= 0.6 is 0 Å². The van der Waals surface area contributed by atoms with Crippen molar-refractivity contribution in [3.05, 3.63) is 5.53 Å². The molecule has 0 unspecified atom stereocenters. The van der Waals surface area contributed by atoms with Gasteiger partial charge in [-0.1, -0.05) is 11.3 Å². The highest BCUT2D eigenvalue weighted by molar-refractivity contribution is 4.62. The summed E-state index contributed by atoms with van der Waals surface area (Å²) in [5.41, 5.74) is 8.84. The number of rotatable bonds is 2. The van der Waals surface area contributed by atoms with E-state index in [9.17, 15) is 0 Å². The molecule has 0 amide bonds. The Morgan fingerprint density at radius 2 is 1.90 bits per heavy atom. The summed E-state index contributed by atoms with van der Waals surface area (Å²) in [5.74, 6) is 0. The quantitative estimate of drug-likeness (QED) is 0.278. The van der Waals surface area contributed by atoms with Gasteiger partial charge in [-0.25, -0.2) is 0 Å². The standard InChI is InChI=1S/C6H12N2O2/c7-8(10-9)6-4-2-1-3-5-6/h6,9H,1-5H2. The van der Waals surface area contributed by atoms with E-state index in [1.54, 1.807) is 0 Å². The van der Waals surface area contributed by atoms with Gasteiger partial charge in [-0.2, -0.15) is 0 Å². The Morgan fingerprint density at radius 3 is 2.40 bits per heavy atom. The number of hydroxylamine groups is 1. The van der Waals surface area contributed by atoms with Crippen LogP contribution in [-0.4, -0.2) is 16.2 Å². The molecule has 0 atom stereocenters. The monoisotopic (exact) mass is 144 g/mol. The normalized spacial score (nSPS) is 20.5. The van der Waals surface area contributed by atoms with Crippen molar-refractivity contribution in [2.24, 2.45) is 0 Å². The van der Waals surface area contributed by atoms with Gasteiger partial charge >= 0.3 is 0 Å². The molecule has 4 nitrogen and oxygen atoms in total. The van der Waals surface area contributed by atoms with Gasteiger partial charge in [0.15, 0.2) is 6.04 Å². The number of nitrogens with zero attached hydrogens (tertiary/aromatic N) is 2. The van der Waals surface area contributed by atoms with E-state index in [1.807, 2.05) is 0 Å². The van der Waals surface area contributed by atoms with Crippen LogP contribution in [0, 0.1) is 0 Å². The topological polar surface area (TPSA) is 54.8 Å². The maximum atomic E-state index is 8.84. The van der Waals surface area contributed by atoms with E-state index < -0.39 is 0 Å². The minimum Gasteiger partial charge on any atom is -0.447 e. The summed E-state index contributed by atoms with van der Waals surface area (Å²) in [4.78, 5) is 4.22. The second-order valence-electron chi connectivity index (χ2n) is 2.68. The molecule has 4 heteroatoms. The highest BCUT2D eigenvalue weighted by Gasteiger charge is 2.21. The minimum atomic E-state index is -0.0150. The molecule has 0 spiro atoms. The molecule has 58 valence electrons. The van der Waals surface area contributed by atoms with Crippen LogP contribution in [0.4, 0.5) is 0 Å². The van der Waals surface area contributed by atoms with Crippen LogP contribution in [0.25, 0.3) is 5.53 Å². The van der Waals surface area contributed by atoms with Gasteiger partial charge in [0.25, 0.3) is 0 Å². The van der Waals surface area contributed by atoms with Crippen LogP contribution < -0.4 is 0 Å². The molecule has 1 aliphatic carbocycles. The molecule has 0 radical (unpaired) electrons. The average molecular weight is 144 g/mol. The molecule has 10 heavy (non-hydrogen) atoms. The Labute approximate surface area is 59.8 Å². The maximum Gasteiger partial charge on any atom is 0.193 e. The molecule has 0 aromatic carbocycles. The Kier molecular flexibility index (Phi) is 2.62. The van der Waals surface area contributed by atoms with Crippen LogP contribution in [0.5, 0.6) is 0 Å². The first kappa shape index (κ1) is 7.47. The zero-order chi connectivity index (χ0) is 7.40. The third kappa shape index (κ3) is 1.67. The van der Waals surface area contributed by atoms with Gasteiger partial charge < -0.3 is 5.53 Å². The highest BCUT2D eigenvalue weighted by Crippen LogP contribution is 2.19. The molecule has 0 aliphatic heterocycles. The third-order valence-corrected chi connectivity index (χ3v) is 1.97. The Hall–Kier alpha value is -0.640. The number of hydrogen-bond donors (Lipinski definition) is 1. The lowest BCUT2D eigenvalue weighted by Gasteiger charge is -2.16. The van der Waals surface area contributed by atoms with Gasteiger partial charge in [0.2, 0.25) is 0 Å². The van der Waals surface area contributed by atoms with Gasteiger partial charge in [-0.05, 0) is 12.8 Å². The van der Waals surface area contributed by atoms with E-state index in [0.717, 1.165) is 25.7 Å². The molecule has 0 aromatic heterocycles. The maximum absolute atomic E-state index is 8.84. The van der Waals surface area contributed by atoms with Crippen LogP contribution in [-0.2, 0) is 4.99 Å². The average Bonchev–Trinajstić information content (AvgIpc) is 2.05. The van der Waals surface area contributed by atoms with Crippen molar-refractivity contribution in [3.63, 3.8) is 0 Å². The molecular formula is C6H12N2O2. The zero-order valence-corrected chi connectivity index (χ0v) is 5.86. The van der Waals surface area contributed by atoms with E-state index in [2.05, 4.69) is 4.99 Å². The molecule has 1 fully saturated rings. The summed E-state index contributed by atoms with van der Waals surface area (Å²) in [7, 11) is 0. The smallest absolute Gasteiger partial charge is 0.193 e. The van der Waals surface area contributed by atoms with Crippen LogP contribution in [0.15, 0.2) is 0 Å². The summed E-state index contributed by atoms with van der Waals surface area (Å²) >= 11 is 0. The van der Waals surface area contributed by atoms with E-state index >= 15 is 0 Å². The summed E-state index contributed by atoms with van der Waals surface area (Å²) in [6.45, 7) is 0. The van der Waals surface area contributed by atoms with E-state index in [4.69, 9.17) is 10.8 Å². The summed E-state index contributed by atoms with van der Waals surface area (Å²) < 4.78 is 0. The van der Waals surface area contributed by atoms with Crippen molar-refractivity contribution in [1.82, 2.24) is 0 Å². The second kappa shape index (κ2) is 3.51. The SMILES string of the molecule is [N-]=[N+](OO)C1CCCCC1. The van der Waals surface area contributed by atoms with Gasteiger partial charge in [0, 0.05) is 12.8 Å². The van der Waals surface area contributed by atoms with Crippen molar-refractivity contribution in [3.8, 4) is 0 Å². The lowest BCUT2D eigenvalue weighted by Crippen LogP contribution is -2.25. The van der Waals surface area contributed by atoms with Gasteiger partial charge in [-0.15, -0.1) is 10.2 Å². The number of hydrogen-bond acceptors (Lipinski definition) is 2. The van der Waals surface area contributed by atoms with E-state index in [-0.39, 0.29) is 6.04 Å². The first-order valence-corrected chi connectivity index (χ1v) is 3.64. The Balaban J connectivity index is 2.31. The van der Waals surface area contributed by atoms with Crippen LogP contribution in [0.1, 0.15) is 32.1 Å². The molecule has 0 saturated heterocycles. The van der Waals surface area contributed by atoms with Gasteiger partial charge in [0.05, 0.1) is 0 Å². The molecule has 1 aliphatic rings. The zero-order valence-electron chi connectivity index (χ0n) is 5.86. The molecule has 1 N–H and O–H groups in total. The van der Waals surface area contributed by atoms with Crippen molar-refractivity contribution in [2.75, 3.05) is 0 Å². The molecular weight excluding hydrogens is 132 g/mol. The van der Waals surface area contributed by atoms with E-state index in [1.165, 1.54) is 6.42 Å². The van der Waals surface area contributed by atoms with E-state index in [0.29, 0.717) is 4.86 Å². The highest BCUT2D eigenvalue weighted by atomic mass is 17.2. The van der Waals surface area contributed by atoms with Gasteiger partial charge in [0.1, 0.15) is 0 Å². The molecule has 0 bridgehead atoms. The fourth-order valence-corrected chi connectivity index (χ4v) is 1.37. The first-order chi connectivity index (χ1) is 4.84. The summed E-state index contributed by atoms with van der Waals surface area (Å²) in [6.07, 6.45) is 5.22. The summed E-state index contributed by atoms with van der Waals surface area (Å²) in [5, 5.41) is 8.06. The van der Waals surface area contributed by atoms with Crippen molar-refractivity contribution in [2.45, 2.75) is 38.1 Å². The van der Waals surface area contributed by atoms with Crippen molar-refractivity contribution < 1.29 is 15.1 Å². The molecule has 1 saturated carbocycles. The van der Waals surface area contributed by atoms with Crippen LogP contribution in [0.2, 0.25) is 0 Å². The fraction of sp³-hybridized carbons (Fsp3) is 1.00. The first-order valence-electron chi connectivity index (χ1n) is 3.64.